The van der Waals surface area contributed by atoms with E-state index in [-0.39, 0.29) is 38.5 Å². The lowest BCUT2D eigenvalue weighted by molar-refractivity contribution is -0.132. The summed E-state index contributed by atoms with van der Waals surface area (Å²) in [6, 6.07) is 7.67. The lowest BCUT2D eigenvalue weighted by Gasteiger charge is -2.34. The molecule has 1 aliphatic heterocycles. The van der Waals surface area contributed by atoms with Crippen LogP contribution < -0.4 is 4.74 Å². The summed E-state index contributed by atoms with van der Waals surface area (Å²) in [7, 11) is -2.58. The Morgan fingerprint density at radius 3 is 2.40 bits per heavy atom. The number of halogens is 3. The summed E-state index contributed by atoms with van der Waals surface area (Å²) in [5, 5.41) is 0.467. The van der Waals surface area contributed by atoms with Crippen molar-refractivity contribution in [3.8, 4) is 5.75 Å². The zero-order chi connectivity index (χ0) is 21.9. The molecule has 1 fully saturated rings. The number of amides is 1. The van der Waals surface area contributed by atoms with Crippen molar-refractivity contribution in [1.82, 2.24) is 9.21 Å². The molecule has 1 saturated heterocycles. The van der Waals surface area contributed by atoms with Crippen LogP contribution in [0.4, 0.5) is 8.78 Å². The van der Waals surface area contributed by atoms with Crippen LogP contribution in [0.3, 0.4) is 0 Å². The highest BCUT2D eigenvalue weighted by Crippen LogP contribution is 2.26. The molecule has 3 rings (SSSR count). The number of piperazine rings is 1. The van der Waals surface area contributed by atoms with E-state index in [4.69, 9.17) is 16.3 Å². The zero-order valence-corrected chi connectivity index (χ0v) is 17.8. The van der Waals surface area contributed by atoms with E-state index < -0.39 is 26.6 Å². The summed E-state index contributed by atoms with van der Waals surface area (Å²) in [5.74, 6) is -1.53. The average molecular weight is 459 g/mol. The second kappa shape index (κ2) is 9.28. The van der Waals surface area contributed by atoms with Crippen LogP contribution in [-0.4, -0.2) is 56.8 Å². The number of hydrogen-bond acceptors (Lipinski definition) is 4. The number of nitrogens with zero attached hydrogens (tertiary/aromatic N) is 2. The van der Waals surface area contributed by atoms with E-state index in [0.717, 1.165) is 22.0 Å². The maximum absolute atomic E-state index is 13.9. The number of rotatable bonds is 6. The fourth-order valence-electron chi connectivity index (χ4n) is 3.28. The Morgan fingerprint density at radius 1 is 1.10 bits per heavy atom. The number of carbonyl (C=O) groups excluding carboxylic acids is 1. The van der Waals surface area contributed by atoms with Crippen molar-refractivity contribution in [2.75, 3.05) is 33.3 Å². The number of methoxy groups -OCH3 is 1. The number of sulfonamides is 1. The first-order valence-electron chi connectivity index (χ1n) is 9.28. The minimum atomic E-state index is -4.10. The van der Waals surface area contributed by atoms with Crippen LogP contribution in [0.25, 0.3) is 0 Å². The molecule has 0 N–H and O–H groups in total. The molecule has 0 spiro atoms. The van der Waals surface area contributed by atoms with Gasteiger partial charge in [-0.05, 0) is 36.2 Å². The molecule has 30 heavy (non-hydrogen) atoms. The van der Waals surface area contributed by atoms with Crippen LogP contribution >= 0.6 is 11.6 Å². The van der Waals surface area contributed by atoms with Gasteiger partial charge in [-0.25, -0.2) is 17.2 Å². The van der Waals surface area contributed by atoms with Crippen molar-refractivity contribution < 1.29 is 26.7 Å². The van der Waals surface area contributed by atoms with E-state index in [1.165, 1.54) is 7.11 Å². The Balaban J connectivity index is 1.57. The Hall–Kier alpha value is -2.23. The zero-order valence-electron chi connectivity index (χ0n) is 16.3. The predicted octanol–water partition coefficient (Wildman–Crippen LogP) is 3.09. The second-order valence-electron chi connectivity index (χ2n) is 6.83. The van der Waals surface area contributed by atoms with E-state index >= 15 is 0 Å². The molecule has 6 nitrogen and oxygen atoms in total. The van der Waals surface area contributed by atoms with Gasteiger partial charge in [0.1, 0.15) is 22.3 Å². The summed E-state index contributed by atoms with van der Waals surface area (Å²) >= 11 is 6.09. The molecule has 162 valence electrons. The summed E-state index contributed by atoms with van der Waals surface area (Å²) < 4.78 is 58.4. The first kappa shape index (κ1) is 22.5. The number of benzene rings is 2. The maximum Gasteiger partial charge on any atom is 0.246 e. The summed E-state index contributed by atoms with van der Waals surface area (Å²) in [6.45, 7) is 0.479. The quantitative estimate of drug-likeness (QED) is 0.667. The monoisotopic (exact) mass is 458 g/mol. The number of aryl methyl sites for hydroxylation is 1. The van der Waals surface area contributed by atoms with Gasteiger partial charge in [0.25, 0.3) is 0 Å². The second-order valence-corrected chi connectivity index (χ2v) is 9.14. The van der Waals surface area contributed by atoms with Gasteiger partial charge in [0.2, 0.25) is 15.9 Å². The molecule has 2 aromatic carbocycles. The van der Waals surface area contributed by atoms with Gasteiger partial charge >= 0.3 is 0 Å². The van der Waals surface area contributed by atoms with Crippen molar-refractivity contribution >= 4 is 27.5 Å². The van der Waals surface area contributed by atoms with Crippen LogP contribution in [0.2, 0.25) is 5.02 Å². The number of ether oxygens (including phenoxy) is 1. The van der Waals surface area contributed by atoms with Crippen molar-refractivity contribution in [3.63, 3.8) is 0 Å². The SMILES string of the molecule is COc1ccc(CCC(=O)N2CCN(S(=O)(=O)c3ccc(F)cc3F)CC2)cc1Cl. The topological polar surface area (TPSA) is 66.9 Å². The third-order valence-electron chi connectivity index (χ3n) is 4.95. The van der Waals surface area contributed by atoms with E-state index in [2.05, 4.69) is 0 Å². The van der Waals surface area contributed by atoms with Gasteiger partial charge in [-0.15, -0.1) is 0 Å². The Morgan fingerprint density at radius 2 is 1.80 bits per heavy atom. The molecule has 0 unspecified atom stereocenters. The molecule has 0 radical (unpaired) electrons. The molecule has 0 bridgehead atoms. The third-order valence-corrected chi connectivity index (χ3v) is 7.17. The van der Waals surface area contributed by atoms with Crippen LogP contribution in [0, 0.1) is 11.6 Å². The summed E-state index contributed by atoms with van der Waals surface area (Å²) in [4.78, 5) is 13.5. The Labute approximate surface area is 179 Å². The van der Waals surface area contributed by atoms with E-state index in [9.17, 15) is 22.0 Å². The number of hydrogen-bond donors (Lipinski definition) is 0. The fourth-order valence-corrected chi connectivity index (χ4v) is 5.02. The van der Waals surface area contributed by atoms with Crippen LogP contribution in [0.15, 0.2) is 41.3 Å². The maximum atomic E-state index is 13.9. The highest BCUT2D eigenvalue weighted by Gasteiger charge is 2.31. The van der Waals surface area contributed by atoms with E-state index in [1.54, 1.807) is 17.0 Å². The minimum absolute atomic E-state index is 0.0409. The highest BCUT2D eigenvalue weighted by atomic mass is 35.5. The number of carbonyl (C=O) groups is 1. The van der Waals surface area contributed by atoms with Gasteiger partial charge in [-0.2, -0.15) is 4.31 Å². The van der Waals surface area contributed by atoms with Crippen molar-refractivity contribution in [2.24, 2.45) is 0 Å². The summed E-state index contributed by atoms with van der Waals surface area (Å²) in [6.07, 6.45) is 0.740. The Bertz CT molecular complexity index is 1040. The summed E-state index contributed by atoms with van der Waals surface area (Å²) in [5.41, 5.74) is 0.891. The van der Waals surface area contributed by atoms with E-state index in [1.807, 2.05) is 6.07 Å². The molecular weight excluding hydrogens is 438 g/mol. The molecule has 0 saturated carbocycles. The van der Waals surface area contributed by atoms with E-state index in [0.29, 0.717) is 23.3 Å². The normalized spacial score (nSPS) is 15.3. The first-order valence-corrected chi connectivity index (χ1v) is 11.1. The van der Waals surface area contributed by atoms with Crippen LogP contribution in [0.5, 0.6) is 5.75 Å². The predicted molar refractivity (Wildman–Crippen MR) is 108 cm³/mol. The van der Waals surface area contributed by atoms with Gasteiger partial charge in [-0.3, -0.25) is 4.79 Å². The van der Waals surface area contributed by atoms with Crippen LogP contribution in [0.1, 0.15) is 12.0 Å². The molecule has 10 heteroatoms. The largest absolute Gasteiger partial charge is 0.495 e. The van der Waals surface area contributed by atoms with Gasteiger partial charge < -0.3 is 9.64 Å². The molecular formula is C20H21ClF2N2O4S. The molecule has 0 atom stereocenters. The Kier molecular flexibility index (Phi) is 6.95. The van der Waals surface area contributed by atoms with Gasteiger partial charge in [0.15, 0.2) is 0 Å². The first-order chi connectivity index (χ1) is 14.2. The van der Waals surface area contributed by atoms with Gasteiger partial charge in [0.05, 0.1) is 12.1 Å². The van der Waals surface area contributed by atoms with Gasteiger partial charge in [0, 0.05) is 38.7 Å². The van der Waals surface area contributed by atoms with Gasteiger partial charge in [-0.1, -0.05) is 17.7 Å². The lowest BCUT2D eigenvalue weighted by Crippen LogP contribution is -2.50. The van der Waals surface area contributed by atoms with Crippen molar-refractivity contribution in [2.45, 2.75) is 17.7 Å². The van der Waals surface area contributed by atoms with Crippen molar-refractivity contribution in [3.05, 3.63) is 58.6 Å². The molecule has 0 aliphatic carbocycles. The molecule has 1 aliphatic rings. The third kappa shape index (κ3) is 4.91. The highest BCUT2D eigenvalue weighted by molar-refractivity contribution is 7.89. The smallest absolute Gasteiger partial charge is 0.246 e. The molecule has 2 aromatic rings. The van der Waals surface area contributed by atoms with Crippen molar-refractivity contribution in [1.29, 1.82) is 0 Å². The standard InChI is InChI=1S/C20H21ClF2N2O4S/c1-29-18-5-2-14(12-16(18)21)3-7-20(26)24-8-10-25(11-9-24)30(27,28)19-6-4-15(22)13-17(19)23/h2,4-6,12-13H,3,7-11H2,1H3. The lowest BCUT2D eigenvalue weighted by atomic mass is 10.1. The molecule has 1 amide bonds. The minimum Gasteiger partial charge on any atom is -0.495 e. The molecule has 0 aromatic heterocycles. The average Bonchev–Trinajstić information content (AvgIpc) is 2.72. The van der Waals surface area contributed by atoms with Crippen LogP contribution in [-0.2, 0) is 21.2 Å². The molecule has 1 heterocycles. The fraction of sp³-hybridized carbons (Fsp3) is 0.350.